The van der Waals surface area contributed by atoms with Gasteiger partial charge in [0.25, 0.3) is 5.56 Å². The molecule has 2 aromatic heterocycles. The molecule has 2 atom stereocenters. The van der Waals surface area contributed by atoms with Crippen molar-refractivity contribution in [1.82, 2.24) is 14.9 Å². The van der Waals surface area contributed by atoms with Gasteiger partial charge in [0.1, 0.15) is 10.7 Å². The summed E-state index contributed by atoms with van der Waals surface area (Å²) in [5.74, 6) is 1.16. The van der Waals surface area contributed by atoms with Crippen LogP contribution in [0.1, 0.15) is 48.1 Å². The lowest BCUT2D eigenvalue weighted by atomic mass is 9.89. The van der Waals surface area contributed by atoms with Crippen molar-refractivity contribution < 1.29 is 4.79 Å². The first kappa shape index (κ1) is 20.8. The van der Waals surface area contributed by atoms with Crippen LogP contribution in [-0.4, -0.2) is 34.4 Å². The van der Waals surface area contributed by atoms with Gasteiger partial charge in [-0.2, -0.15) is 0 Å². The molecule has 3 aromatic rings. The highest BCUT2D eigenvalue weighted by Crippen LogP contribution is 2.36. The third-order valence-corrected chi connectivity index (χ3v) is 7.12. The summed E-state index contributed by atoms with van der Waals surface area (Å²) in [4.78, 5) is 37.1. The van der Waals surface area contributed by atoms with Crippen molar-refractivity contribution in [3.63, 3.8) is 0 Å². The van der Waals surface area contributed by atoms with Gasteiger partial charge in [-0.3, -0.25) is 14.5 Å². The number of hydrogen-bond acceptors (Lipinski definition) is 5. The third-order valence-electron chi connectivity index (χ3n) is 5.97. The number of amides is 1. The first-order valence-corrected chi connectivity index (χ1v) is 11.2. The summed E-state index contributed by atoms with van der Waals surface area (Å²) in [7, 11) is 1.87. The number of aromatic nitrogens is 2. The SMILES string of the molecule is Cc1ccc(NC(=O)CN(C)[C@H](C)c2nc3sc4c(c3c(=O)[nH]2)CC[C@@H](C)C4)cc1. The van der Waals surface area contributed by atoms with Crippen molar-refractivity contribution in [2.75, 3.05) is 18.9 Å². The van der Waals surface area contributed by atoms with Crippen LogP contribution in [0.5, 0.6) is 0 Å². The number of rotatable bonds is 5. The second-order valence-electron chi connectivity index (χ2n) is 8.49. The van der Waals surface area contributed by atoms with E-state index < -0.39 is 0 Å². The molecule has 2 heterocycles. The van der Waals surface area contributed by atoms with Gasteiger partial charge in [-0.05, 0) is 63.8 Å². The number of fused-ring (bicyclic) bond motifs is 3. The Morgan fingerprint density at radius 2 is 2.10 bits per heavy atom. The largest absolute Gasteiger partial charge is 0.325 e. The van der Waals surface area contributed by atoms with Crippen LogP contribution in [-0.2, 0) is 17.6 Å². The first-order chi connectivity index (χ1) is 14.3. The number of carbonyl (C=O) groups excluding carboxylic acids is 1. The normalized spacial score (nSPS) is 17.2. The molecule has 0 aliphatic heterocycles. The predicted molar refractivity (Wildman–Crippen MR) is 122 cm³/mol. The minimum absolute atomic E-state index is 0.0635. The first-order valence-electron chi connectivity index (χ1n) is 10.4. The van der Waals surface area contributed by atoms with Crippen molar-refractivity contribution in [1.29, 1.82) is 0 Å². The summed E-state index contributed by atoms with van der Waals surface area (Å²) in [6, 6.07) is 7.52. The summed E-state index contributed by atoms with van der Waals surface area (Å²) in [6.45, 7) is 6.43. The molecule has 6 nitrogen and oxygen atoms in total. The maximum atomic E-state index is 12.8. The fourth-order valence-corrected chi connectivity index (χ4v) is 5.36. The minimum Gasteiger partial charge on any atom is -0.325 e. The minimum atomic E-state index is -0.191. The van der Waals surface area contributed by atoms with Gasteiger partial charge in [-0.25, -0.2) is 4.98 Å². The lowest BCUT2D eigenvalue weighted by Crippen LogP contribution is -2.33. The van der Waals surface area contributed by atoms with Gasteiger partial charge in [0.15, 0.2) is 0 Å². The Balaban J connectivity index is 1.50. The van der Waals surface area contributed by atoms with Crippen molar-refractivity contribution in [2.45, 2.75) is 46.1 Å². The van der Waals surface area contributed by atoms with E-state index in [9.17, 15) is 9.59 Å². The van der Waals surface area contributed by atoms with Gasteiger partial charge in [0.05, 0.1) is 18.0 Å². The zero-order valence-electron chi connectivity index (χ0n) is 17.9. The Bertz CT molecular complexity index is 1130. The smallest absolute Gasteiger partial charge is 0.259 e. The Kier molecular flexibility index (Phi) is 5.75. The van der Waals surface area contributed by atoms with Crippen LogP contribution in [0.4, 0.5) is 5.69 Å². The van der Waals surface area contributed by atoms with Crippen molar-refractivity contribution in [3.8, 4) is 0 Å². The lowest BCUT2D eigenvalue weighted by Gasteiger charge is -2.23. The number of aromatic amines is 1. The van der Waals surface area contributed by atoms with Crippen molar-refractivity contribution in [2.24, 2.45) is 5.92 Å². The monoisotopic (exact) mass is 424 g/mol. The Morgan fingerprint density at radius 3 is 2.83 bits per heavy atom. The third kappa shape index (κ3) is 4.18. The molecule has 1 aromatic carbocycles. The molecule has 0 spiro atoms. The maximum absolute atomic E-state index is 12.8. The number of benzene rings is 1. The molecule has 1 aliphatic carbocycles. The van der Waals surface area contributed by atoms with Crippen LogP contribution >= 0.6 is 11.3 Å². The quantitative estimate of drug-likeness (QED) is 0.648. The molecule has 0 unspecified atom stereocenters. The molecule has 1 amide bonds. The van der Waals surface area contributed by atoms with E-state index in [-0.39, 0.29) is 24.1 Å². The average molecular weight is 425 g/mol. The van der Waals surface area contributed by atoms with Crippen LogP contribution in [0.25, 0.3) is 10.2 Å². The molecule has 7 heteroatoms. The fourth-order valence-electron chi connectivity index (χ4n) is 3.97. The summed E-state index contributed by atoms with van der Waals surface area (Å²) in [5.41, 5.74) is 3.05. The van der Waals surface area contributed by atoms with E-state index in [0.717, 1.165) is 40.7 Å². The molecule has 158 valence electrons. The van der Waals surface area contributed by atoms with E-state index in [2.05, 4.69) is 17.2 Å². The van der Waals surface area contributed by atoms with Crippen molar-refractivity contribution in [3.05, 3.63) is 56.4 Å². The summed E-state index contributed by atoms with van der Waals surface area (Å²) in [5, 5.41) is 3.68. The number of carbonyl (C=O) groups is 1. The lowest BCUT2D eigenvalue weighted by molar-refractivity contribution is -0.117. The molecule has 2 N–H and O–H groups in total. The number of anilines is 1. The highest BCUT2D eigenvalue weighted by atomic mass is 32.1. The Labute approximate surface area is 180 Å². The van der Waals surface area contributed by atoms with Crippen LogP contribution in [0.15, 0.2) is 29.1 Å². The zero-order valence-corrected chi connectivity index (χ0v) is 18.7. The molecule has 30 heavy (non-hydrogen) atoms. The number of likely N-dealkylation sites (N-methyl/N-ethyl adjacent to an activating group) is 1. The van der Waals surface area contributed by atoms with E-state index in [4.69, 9.17) is 4.98 Å². The topological polar surface area (TPSA) is 78.1 Å². The van der Waals surface area contributed by atoms with Gasteiger partial charge >= 0.3 is 0 Å². The summed E-state index contributed by atoms with van der Waals surface area (Å²) in [6.07, 6.45) is 3.10. The molecule has 4 rings (SSSR count). The second kappa shape index (κ2) is 8.32. The number of nitrogens with zero attached hydrogens (tertiary/aromatic N) is 2. The number of H-pyrrole nitrogens is 1. The van der Waals surface area contributed by atoms with E-state index in [1.165, 1.54) is 10.4 Å². The molecule has 0 radical (unpaired) electrons. The Hall–Kier alpha value is -2.51. The highest BCUT2D eigenvalue weighted by Gasteiger charge is 2.24. The molecule has 0 bridgehead atoms. The number of hydrogen-bond donors (Lipinski definition) is 2. The van der Waals surface area contributed by atoms with Gasteiger partial charge in [0, 0.05) is 10.6 Å². The Morgan fingerprint density at radius 1 is 1.37 bits per heavy atom. The van der Waals surface area contributed by atoms with Gasteiger partial charge in [-0.15, -0.1) is 11.3 Å². The maximum Gasteiger partial charge on any atom is 0.259 e. The average Bonchev–Trinajstić information content (AvgIpc) is 3.06. The summed E-state index contributed by atoms with van der Waals surface area (Å²) >= 11 is 1.65. The highest BCUT2D eigenvalue weighted by molar-refractivity contribution is 7.18. The molecule has 0 saturated carbocycles. The van der Waals surface area contributed by atoms with Crippen LogP contribution < -0.4 is 10.9 Å². The van der Waals surface area contributed by atoms with E-state index in [1.807, 2.05) is 50.1 Å². The fraction of sp³-hybridized carbons (Fsp3) is 0.435. The van der Waals surface area contributed by atoms with Gasteiger partial charge in [0.2, 0.25) is 5.91 Å². The van der Waals surface area contributed by atoms with Crippen LogP contribution in [0.3, 0.4) is 0 Å². The molecular weight excluding hydrogens is 396 g/mol. The van der Waals surface area contributed by atoms with Crippen molar-refractivity contribution >= 4 is 33.1 Å². The molecular formula is C23H28N4O2S. The molecule has 1 aliphatic rings. The van der Waals surface area contributed by atoms with Gasteiger partial charge in [-0.1, -0.05) is 24.6 Å². The predicted octanol–water partition coefficient (Wildman–Crippen LogP) is 4.05. The standard InChI is InChI=1S/C23H28N4O2S/c1-13-5-8-16(9-6-13)24-19(28)12-27(4)15(3)21-25-22(29)20-17-10-7-14(2)11-18(17)30-23(20)26-21/h5-6,8-9,14-15H,7,10-12H2,1-4H3,(H,24,28)(H,25,26,29)/t14-,15-/m1/s1. The summed E-state index contributed by atoms with van der Waals surface area (Å²) < 4.78 is 0. The second-order valence-corrected chi connectivity index (χ2v) is 9.57. The number of nitrogens with one attached hydrogen (secondary N) is 2. The van der Waals surface area contributed by atoms with Gasteiger partial charge < -0.3 is 10.3 Å². The van der Waals surface area contributed by atoms with E-state index in [1.54, 1.807) is 11.3 Å². The van der Waals surface area contributed by atoms with E-state index >= 15 is 0 Å². The number of thiophene rings is 1. The number of aryl methyl sites for hydroxylation is 2. The van der Waals surface area contributed by atoms with Crippen LogP contribution in [0.2, 0.25) is 0 Å². The molecule has 0 saturated heterocycles. The molecule has 0 fully saturated rings. The van der Waals surface area contributed by atoms with Crippen LogP contribution in [0, 0.1) is 12.8 Å². The zero-order chi connectivity index (χ0) is 21.4. The van der Waals surface area contributed by atoms with E-state index in [0.29, 0.717) is 11.7 Å².